The number of hydrogen-bond donors (Lipinski definition) is 0. The van der Waals surface area contributed by atoms with Crippen LogP contribution in [0, 0.1) is 6.92 Å². The normalized spacial score (nSPS) is 10.1. The zero-order chi connectivity index (χ0) is 14.4. The van der Waals surface area contributed by atoms with E-state index in [1.165, 1.54) is 16.7 Å². The third-order valence-electron chi connectivity index (χ3n) is 3.13. The van der Waals surface area contributed by atoms with Gasteiger partial charge in [-0.25, -0.2) is 4.79 Å². The predicted molar refractivity (Wildman–Crippen MR) is 80.9 cm³/mol. The third kappa shape index (κ3) is 4.09. The van der Waals surface area contributed by atoms with Crippen molar-refractivity contribution in [2.24, 2.45) is 0 Å². The first-order valence-corrected chi connectivity index (χ1v) is 6.66. The lowest BCUT2D eigenvalue weighted by atomic mass is 10.0. The fourth-order valence-corrected chi connectivity index (χ4v) is 1.93. The fraction of sp³-hybridized carbons (Fsp3) is 0.167. The molecule has 0 aromatic heterocycles. The topological polar surface area (TPSA) is 26.3 Å². The Kier molecular flexibility index (Phi) is 4.72. The van der Waals surface area contributed by atoms with Crippen LogP contribution in [0.25, 0.3) is 0 Å². The van der Waals surface area contributed by atoms with Crippen molar-refractivity contribution in [2.45, 2.75) is 19.8 Å². The summed E-state index contributed by atoms with van der Waals surface area (Å²) in [6, 6.07) is 16.2. The molecule has 0 radical (unpaired) electrons. The highest BCUT2D eigenvalue weighted by Gasteiger charge is 2.00. The SMILES string of the molecule is C=CC(=O)Oc1ccc(CCc2ccc(C)cc2)cc1. The Labute approximate surface area is 119 Å². The van der Waals surface area contributed by atoms with Crippen LogP contribution in [0.15, 0.2) is 61.2 Å². The zero-order valence-corrected chi connectivity index (χ0v) is 11.6. The third-order valence-corrected chi connectivity index (χ3v) is 3.13. The van der Waals surface area contributed by atoms with Gasteiger partial charge in [-0.1, -0.05) is 48.5 Å². The molecule has 0 aliphatic carbocycles. The number of carbonyl (C=O) groups excluding carboxylic acids is 1. The molecule has 2 aromatic rings. The van der Waals surface area contributed by atoms with Crippen molar-refractivity contribution < 1.29 is 9.53 Å². The minimum absolute atomic E-state index is 0.433. The first-order chi connectivity index (χ1) is 9.67. The Morgan fingerprint density at radius 1 is 1.00 bits per heavy atom. The van der Waals surface area contributed by atoms with Crippen LogP contribution in [-0.4, -0.2) is 5.97 Å². The average molecular weight is 266 g/mol. The number of benzene rings is 2. The molecule has 0 fully saturated rings. The van der Waals surface area contributed by atoms with Crippen LogP contribution >= 0.6 is 0 Å². The van der Waals surface area contributed by atoms with E-state index in [9.17, 15) is 4.79 Å². The van der Waals surface area contributed by atoms with Crippen LogP contribution in [-0.2, 0) is 17.6 Å². The monoisotopic (exact) mass is 266 g/mol. The van der Waals surface area contributed by atoms with Gasteiger partial charge in [0.25, 0.3) is 0 Å². The lowest BCUT2D eigenvalue weighted by molar-refractivity contribution is -0.128. The van der Waals surface area contributed by atoms with Crippen LogP contribution in [0.3, 0.4) is 0 Å². The molecule has 0 aliphatic rings. The molecule has 20 heavy (non-hydrogen) atoms. The Balaban J connectivity index is 1.92. The highest BCUT2D eigenvalue weighted by molar-refractivity contribution is 5.83. The van der Waals surface area contributed by atoms with Gasteiger partial charge in [-0.05, 0) is 43.0 Å². The molecule has 0 saturated carbocycles. The Morgan fingerprint density at radius 2 is 1.50 bits per heavy atom. The number of carbonyl (C=O) groups is 1. The van der Waals surface area contributed by atoms with Crippen molar-refractivity contribution in [1.82, 2.24) is 0 Å². The predicted octanol–water partition coefficient (Wildman–Crippen LogP) is 3.87. The van der Waals surface area contributed by atoms with E-state index in [1.54, 1.807) is 0 Å². The molecular formula is C18H18O2. The maximum atomic E-state index is 11.1. The van der Waals surface area contributed by atoms with E-state index in [-0.39, 0.29) is 0 Å². The van der Waals surface area contributed by atoms with Gasteiger partial charge in [0.05, 0.1) is 0 Å². The average Bonchev–Trinajstić information content (AvgIpc) is 2.48. The van der Waals surface area contributed by atoms with Gasteiger partial charge < -0.3 is 4.74 Å². The van der Waals surface area contributed by atoms with E-state index >= 15 is 0 Å². The lowest BCUT2D eigenvalue weighted by Gasteiger charge is -2.05. The van der Waals surface area contributed by atoms with Gasteiger partial charge >= 0.3 is 5.97 Å². The van der Waals surface area contributed by atoms with Gasteiger partial charge in [0, 0.05) is 6.08 Å². The summed E-state index contributed by atoms with van der Waals surface area (Å²) in [6.07, 6.45) is 3.14. The van der Waals surface area contributed by atoms with Crippen molar-refractivity contribution in [3.8, 4) is 5.75 Å². The second-order valence-electron chi connectivity index (χ2n) is 4.75. The summed E-state index contributed by atoms with van der Waals surface area (Å²) in [5, 5.41) is 0. The quantitative estimate of drug-likeness (QED) is 0.466. The molecule has 2 heteroatoms. The minimum atomic E-state index is -0.433. The first-order valence-electron chi connectivity index (χ1n) is 6.66. The van der Waals surface area contributed by atoms with Gasteiger partial charge in [-0.15, -0.1) is 0 Å². The summed E-state index contributed by atoms with van der Waals surface area (Å²) in [5.74, 6) is 0.117. The standard InChI is InChI=1S/C18H18O2/c1-3-18(19)20-17-12-10-16(11-13-17)9-8-15-6-4-14(2)5-7-15/h3-7,10-13H,1,8-9H2,2H3. The van der Waals surface area contributed by atoms with Crippen molar-refractivity contribution in [3.63, 3.8) is 0 Å². The molecule has 2 aromatic carbocycles. The second kappa shape index (κ2) is 6.71. The summed E-state index contributed by atoms with van der Waals surface area (Å²) in [7, 11) is 0. The molecule has 0 unspecified atom stereocenters. The largest absolute Gasteiger partial charge is 0.423 e. The van der Waals surface area contributed by atoms with E-state index in [4.69, 9.17) is 4.74 Å². The molecule has 0 spiro atoms. The van der Waals surface area contributed by atoms with Gasteiger partial charge in [-0.3, -0.25) is 0 Å². The second-order valence-corrected chi connectivity index (χ2v) is 4.75. The molecule has 0 bridgehead atoms. The van der Waals surface area contributed by atoms with Gasteiger partial charge in [0.1, 0.15) is 5.75 Å². The Hall–Kier alpha value is -2.35. The highest BCUT2D eigenvalue weighted by atomic mass is 16.5. The molecule has 0 amide bonds. The zero-order valence-electron chi connectivity index (χ0n) is 11.6. The van der Waals surface area contributed by atoms with Crippen LogP contribution in [0.4, 0.5) is 0 Å². The van der Waals surface area contributed by atoms with Crippen molar-refractivity contribution in [3.05, 3.63) is 77.9 Å². The summed E-state index contributed by atoms with van der Waals surface area (Å²) < 4.78 is 5.04. The summed E-state index contributed by atoms with van der Waals surface area (Å²) in [5.41, 5.74) is 3.84. The first kappa shape index (κ1) is 14.1. The molecular weight excluding hydrogens is 248 g/mol. The van der Waals surface area contributed by atoms with E-state index in [2.05, 4.69) is 37.8 Å². The van der Waals surface area contributed by atoms with E-state index in [0.29, 0.717) is 5.75 Å². The number of aryl methyl sites for hydroxylation is 3. The molecule has 0 heterocycles. The minimum Gasteiger partial charge on any atom is -0.423 e. The molecule has 2 rings (SSSR count). The maximum absolute atomic E-state index is 11.1. The molecule has 0 atom stereocenters. The highest BCUT2D eigenvalue weighted by Crippen LogP contribution is 2.14. The summed E-state index contributed by atoms with van der Waals surface area (Å²) >= 11 is 0. The van der Waals surface area contributed by atoms with Crippen molar-refractivity contribution in [1.29, 1.82) is 0 Å². The molecule has 0 saturated heterocycles. The van der Waals surface area contributed by atoms with Crippen molar-refractivity contribution >= 4 is 5.97 Å². The van der Waals surface area contributed by atoms with Gasteiger partial charge in [0.2, 0.25) is 0 Å². The number of hydrogen-bond acceptors (Lipinski definition) is 2. The van der Waals surface area contributed by atoms with Gasteiger partial charge in [-0.2, -0.15) is 0 Å². The van der Waals surface area contributed by atoms with Gasteiger partial charge in [0.15, 0.2) is 0 Å². The van der Waals surface area contributed by atoms with Crippen LogP contribution in [0.1, 0.15) is 16.7 Å². The smallest absolute Gasteiger partial charge is 0.335 e. The Morgan fingerprint density at radius 3 is 2.00 bits per heavy atom. The summed E-state index contributed by atoms with van der Waals surface area (Å²) in [4.78, 5) is 11.1. The summed E-state index contributed by atoms with van der Waals surface area (Å²) in [6.45, 7) is 5.46. The number of rotatable bonds is 5. The van der Waals surface area contributed by atoms with E-state index in [1.807, 2.05) is 24.3 Å². The molecule has 102 valence electrons. The molecule has 0 aliphatic heterocycles. The van der Waals surface area contributed by atoms with Crippen LogP contribution in [0.2, 0.25) is 0 Å². The number of ether oxygens (including phenoxy) is 1. The molecule has 2 nitrogen and oxygen atoms in total. The fourth-order valence-electron chi connectivity index (χ4n) is 1.93. The molecule has 0 N–H and O–H groups in total. The van der Waals surface area contributed by atoms with E-state index < -0.39 is 5.97 Å². The lowest BCUT2D eigenvalue weighted by Crippen LogP contribution is -2.02. The van der Waals surface area contributed by atoms with Crippen molar-refractivity contribution in [2.75, 3.05) is 0 Å². The Bertz CT molecular complexity index is 580. The van der Waals surface area contributed by atoms with Crippen LogP contribution in [0.5, 0.6) is 5.75 Å². The van der Waals surface area contributed by atoms with Crippen LogP contribution < -0.4 is 4.74 Å². The maximum Gasteiger partial charge on any atom is 0.335 e. The number of esters is 1. The van der Waals surface area contributed by atoms with E-state index in [0.717, 1.165) is 18.9 Å².